The second-order valence-corrected chi connectivity index (χ2v) is 15.3. The van der Waals surface area contributed by atoms with Gasteiger partial charge in [-0.25, -0.2) is 0 Å². The van der Waals surface area contributed by atoms with Crippen molar-refractivity contribution >= 4 is 36.3 Å². The van der Waals surface area contributed by atoms with E-state index in [0.29, 0.717) is 29.8 Å². The van der Waals surface area contributed by atoms with Crippen LogP contribution in [-0.2, 0) is 11.4 Å². The zero-order valence-corrected chi connectivity index (χ0v) is 21.7. The van der Waals surface area contributed by atoms with Crippen molar-refractivity contribution in [2.45, 2.75) is 38.8 Å². The minimum atomic E-state index is -2.03. The lowest BCUT2D eigenvalue weighted by molar-refractivity contribution is 0.0817. The average Bonchev–Trinajstić information content (AvgIpc) is 3.35. The molecule has 1 amide bonds. The maximum absolute atomic E-state index is 14.1. The van der Waals surface area contributed by atoms with Crippen LogP contribution in [0.2, 0.25) is 19.6 Å². The summed E-state index contributed by atoms with van der Waals surface area (Å²) in [7, 11) is -2.03. The molecule has 0 radical (unpaired) electrons. The molecule has 0 aromatic heterocycles. The van der Waals surface area contributed by atoms with Gasteiger partial charge in [-0.2, -0.15) is 0 Å². The molecule has 0 bridgehead atoms. The standard InChI is InChI=1S/C29H30N2O4Si/c1-36(2,3)28-22-8-4-5-9-23(22)29(34)31(26-11-7-6-10-24(26)27(28)33)17-21-16-25(30-35-21)20-14-12-19(18-32)13-15-20/h4-15,21,32-33H,16-18H2,1-3H3. The van der Waals surface area contributed by atoms with E-state index in [1.54, 1.807) is 4.90 Å². The molecular weight excluding hydrogens is 468 g/mol. The molecule has 2 heterocycles. The van der Waals surface area contributed by atoms with Crippen molar-refractivity contribution in [2.75, 3.05) is 11.4 Å². The molecule has 3 aromatic carbocycles. The molecule has 2 aliphatic rings. The molecule has 0 saturated carbocycles. The first-order valence-electron chi connectivity index (χ1n) is 12.1. The Balaban J connectivity index is 1.53. The second-order valence-electron chi connectivity index (χ2n) is 10.3. The first-order chi connectivity index (χ1) is 17.3. The molecule has 0 aliphatic carbocycles. The van der Waals surface area contributed by atoms with Crippen LogP contribution in [0.15, 0.2) is 78.0 Å². The Kier molecular flexibility index (Phi) is 6.28. The van der Waals surface area contributed by atoms with E-state index in [1.165, 1.54) is 0 Å². The largest absolute Gasteiger partial charge is 0.507 e. The van der Waals surface area contributed by atoms with E-state index in [0.717, 1.165) is 27.6 Å². The van der Waals surface area contributed by atoms with Crippen LogP contribution in [0, 0.1) is 0 Å². The summed E-state index contributed by atoms with van der Waals surface area (Å²) in [6.07, 6.45) is 0.220. The number of oxime groups is 1. The number of amides is 1. The molecular formula is C29H30N2O4Si. The van der Waals surface area contributed by atoms with Crippen LogP contribution >= 0.6 is 0 Å². The zero-order chi connectivity index (χ0) is 25.4. The minimum absolute atomic E-state index is 0.00938. The molecule has 2 N–H and O–H groups in total. The topological polar surface area (TPSA) is 82.4 Å². The molecule has 36 heavy (non-hydrogen) atoms. The molecule has 2 aliphatic heterocycles. The van der Waals surface area contributed by atoms with Crippen molar-refractivity contribution in [3.8, 4) is 0 Å². The summed E-state index contributed by atoms with van der Waals surface area (Å²) in [5.74, 6) is 0.119. The van der Waals surface area contributed by atoms with Gasteiger partial charge in [-0.15, -0.1) is 0 Å². The molecule has 3 aromatic rings. The highest BCUT2D eigenvalue weighted by atomic mass is 28.3. The van der Waals surface area contributed by atoms with Crippen LogP contribution < -0.4 is 4.90 Å². The smallest absolute Gasteiger partial charge is 0.259 e. The van der Waals surface area contributed by atoms with Crippen LogP contribution in [0.4, 0.5) is 5.69 Å². The van der Waals surface area contributed by atoms with Gasteiger partial charge < -0.3 is 20.0 Å². The number of fused-ring (bicyclic) bond motifs is 2. The monoisotopic (exact) mass is 498 g/mol. The number of aliphatic hydroxyl groups excluding tert-OH is 2. The molecule has 6 nitrogen and oxygen atoms in total. The summed E-state index contributed by atoms with van der Waals surface area (Å²) < 4.78 is 0. The Bertz CT molecular complexity index is 1370. The lowest BCUT2D eigenvalue weighted by Crippen LogP contribution is -2.40. The molecule has 7 heteroatoms. The number of para-hydroxylation sites is 1. The quantitative estimate of drug-likeness (QED) is 0.446. The number of carbonyl (C=O) groups excluding carboxylic acids is 1. The van der Waals surface area contributed by atoms with E-state index in [9.17, 15) is 15.0 Å². The van der Waals surface area contributed by atoms with Crippen molar-refractivity contribution in [1.29, 1.82) is 0 Å². The van der Waals surface area contributed by atoms with Crippen LogP contribution in [0.25, 0.3) is 11.0 Å². The highest BCUT2D eigenvalue weighted by molar-refractivity contribution is 6.95. The van der Waals surface area contributed by atoms with Gasteiger partial charge in [0.15, 0.2) is 6.10 Å². The Morgan fingerprint density at radius 1 is 0.944 bits per heavy atom. The Morgan fingerprint density at radius 3 is 2.25 bits per heavy atom. The number of aliphatic hydroxyl groups is 2. The molecule has 0 fully saturated rings. The van der Waals surface area contributed by atoms with Crippen molar-refractivity contribution in [3.63, 3.8) is 0 Å². The van der Waals surface area contributed by atoms with Crippen LogP contribution in [0.1, 0.15) is 39.0 Å². The minimum Gasteiger partial charge on any atom is -0.507 e. The van der Waals surface area contributed by atoms with Gasteiger partial charge in [-0.05, 0) is 40.1 Å². The molecule has 0 saturated heterocycles. The first kappa shape index (κ1) is 24.0. The predicted molar refractivity (Wildman–Crippen MR) is 146 cm³/mol. The third-order valence-electron chi connectivity index (χ3n) is 6.70. The van der Waals surface area contributed by atoms with E-state index >= 15 is 0 Å². The normalized spacial score (nSPS) is 17.7. The van der Waals surface area contributed by atoms with Crippen LogP contribution in [0.5, 0.6) is 0 Å². The van der Waals surface area contributed by atoms with Gasteiger partial charge in [0.25, 0.3) is 5.91 Å². The van der Waals surface area contributed by atoms with Crippen molar-refractivity contribution < 1.29 is 19.8 Å². The number of carbonyl (C=O) groups is 1. The Morgan fingerprint density at radius 2 is 1.58 bits per heavy atom. The number of nitrogens with zero attached hydrogens (tertiary/aromatic N) is 2. The third-order valence-corrected chi connectivity index (χ3v) is 8.70. The second kappa shape index (κ2) is 9.41. The summed E-state index contributed by atoms with van der Waals surface area (Å²) in [6, 6.07) is 22.7. The van der Waals surface area contributed by atoms with Crippen molar-refractivity contribution in [2.24, 2.45) is 5.16 Å². The van der Waals surface area contributed by atoms with Gasteiger partial charge in [0.2, 0.25) is 0 Å². The van der Waals surface area contributed by atoms with Gasteiger partial charge in [0, 0.05) is 17.5 Å². The number of hydrogen-bond donors (Lipinski definition) is 2. The average molecular weight is 499 g/mol. The van der Waals surface area contributed by atoms with E-state index in [2.05, 4.69) is 24.8 Å². The Hall–Kier alpha value is -3.68. The molecule has 1 atom stereocenters. The van der Waals surface area contributed by atoms with E-state index in [1.807, 2.05) is 72.8 Å². The highest BCUT2D eigenvalue weighted by Crippen LogP contribution is 2.40. The van der Waals surface area contributed by atoms with Crippen LogP contribution in [-0.4, -0.2) is 42.6 Å². The number of rotatable bonds is 5. The fraction of sp³-hybridized carbons (Fsp3) is 0.241. The molecule has 0 spiro atoms. The third kappa shape index (κ3) is 4.36. The summed E-state index contributed by atoms with van der Waals surface area (Å²) in [4.78, 5) is 21.6. The fourth-order valence-corrected chi connectivity index (χ4v) is 6.83. The number of anilines is 1. The first-order valence-corrected chi connectivity index (χ1v) is 15.6. The summed E-state index contributed by atoms with van der Waals surface area (Å²) in [6.45, 7) is 6.83. The summed E-state index contributed by atoms with van der Waals surface area (Å²) in [5.41, 5.74) is 5.26. The van der Waals surface area contributed by atoms with Gasteiger partial charge in [-0.1, -0.05) is 79.4 Å². The fourth-order valence-electron chi connectivity index (χ4n) is 4.96. The van der Waals surface area contributed by atoms with Crippen molar-refractivity contribution in [1.82, 2.24) is 0 Å². The molecule has 5 rings (SSSR count). The summed E-state index contributed by atoms with van der Waals surface area (Å²) >= 11 is 0. The van der Waals surface area contributed by atoms with Gasteiger partial charge in [-0.3, -0.25) is 4.79 Å². The number of hydrogen-bond acceptors (Lipinski definition) is 5. The highest BCUT2D eigenvalue weighted by Gasteiger charge is 2.36. The van der Waals surface area contributed by atoms with Gasteiger partial charge >= 0.3 is 0 Å². The van der Waals surface area contributed by atoms with Crippen LogP contribution in [0.3, 0.4) is 0 Å². The maximum atomic E-state index is 14.1. The molecule has 1 unspecified atom stereocenters. The van der Waals surface area contributed by atoms with E-state index in [4.69, 9.17) is 4.84 Å². The van der Waals surface area contributed by atoms with Gasteiger partial charge in [0.1, 0.15) is 5.76 Å². The van der Waals surface area contributed by atoms with E-state index in [-0.39, 0.29) is 24.4 Å². The summed E-state index contributed by atoms with van der Waals surface area (Å²) in [5, 5.41) is 26.1. The van der Waals surface area contributed by atoms with E-state index < -0.39 is 8.07 Å². The lowest BCUT2D eigenvalue weighted by atomic mass is 9.98. The van der Waals surface area contributed by atoms with Gasteiger partial charge in [0.05, 0.1) is 32.6 Å². The molecule has 184 valence electrons. The van der Waals surface area contributed by atoms with Crippen molar-refractivity contribution in [3.05, 3.63) is 101 Å². The SMILES string of the molecule is C[Si](C)(C)C1=C(O)c2ccccc2N(CC2CC(c3ccc(CO)cc3)=NO2)C(=O)c2ccccc21. The lowest BCUT2D eigenvalue weighted by Gasteiger charge is -2.33. The predicted octanol–water partition coefficient (Wildman–Crippen LogP) is 5.64. The maximum Gasteiger partial charge on any atom is 0.259 e. The zero-order valence-electron chi connectivity index (χ0n) is 20.7. The Labute approximate surface area is 212 Å². The number of benzene rings is 3.